The van der Waals surface area contributed by atoms with Crippen LogP contribution in [0.1, 0.15) is 39.1 Å². The fourth-order valence-corrected chi connectivity index (χ4v) is 1.02. The summed E-state index contributed by atoms with van der Waals surface area (Å²) in [4.78, 5) is 1.96. The summed E-state index contributed by atoms with van der Waals surface area (Å²) >= 11 is 0. The maximum absolute atomic E-state index is 5.62. The molecule has 14 heavy (non-hydrogen) atoms. The van der Waals surface area contributed by atoms with E-state index in [-0.39, 0.29) is 6.04 Å². The summed E-state index contributed by atoms with van der Waals surface area (Å²) in [7, 11) is 1.94. The lowest BCUT2D eigenvalue weighted by molar-refractivity contribution is 0.450. The molecule has 5 nitrogen and oxygen atoms in total. The topological polar surface area (TPSA) is 68.2 Å². The fraction of sp³-hybridized carbons (Fsp3) is 0.778. The predicted molar refractivity (Wildman–Crippen MR) is 55.1 cm³/mol. The van der Waals surface area contributed by atoms with Crippen LogP contribution in [0, 0.1) is 0 Å². The van der Waals surface area contributed by atoms with Crippen molar-refractivity contribution in [3.63, 3.8) is 0 Å². The van der Waals surface area contributed by atoms with E-state index in [4.69, 9.17) is 10.2 Å². The summed E-state index contributed by atoms with van der Waals surface area (Å²) in [6, 6.07) is 0.713. The Bertz CT molecular complexity index is 284. The molecule has 1 rings (SSSR count). The highest BCUT2D eigenvalue weighted by atomic mass is 16.4. The minimum atomic E-state index is -0.207. The van der Waals surface area contributed by atoms with Gasteiger partial charge in [-0.1, -0.05) is 12.0 Å². The van der Waals surface area contributed by atoms with E-state index >= 15 is 0 Å². The molecule has 1 aromatic heterocycles. The lowest BCUT2D eigenvalue weighted by Gasteiger charge is -2.20. The van der Waals surface area contributed by atoms with E-state index in [1.54, 1.807) is 0 Å². The highest BCUT2D eigenvalue weighted by Gasteiger charge is 2.16. The molecule has 0 aliphatic heterocycles. The third-order valence-corrected chi connectivity index (χ3v) is 2.37. The van der Waals surface area contributed by atoms with Crippen LogP contribution in [-0.2, 0) is 0 Å². The van der Waals surface area contributed by atoms with E-state index < -0.39 is 0 Å². The second-order valence-electron chi connectivity index (χ2n) is 3.58. The molecule has 0 fully saturated rings. The van der Waals surface area contributed by atoms with Gasteiger partial charge in [0.15, 0.2) is 0 Å². The first-order valence-corrected chi connectivity index (χ1v) is 4.88. The summed E-state index contributed by atoms with van der Waals surface area (Å²) in [6.07, 6.45) is 1.03. The predicted octanol–water partition coefficient (Wildman–Crippen LogP) is 1.32. The van der Waals surface area contributed by atoms with Crippen LogP contribution >= 0.6 is 0 Å². The first kappa shape index (κ1) is 11.0. The van der Waals surface area contributed by atoms with Crippen molar-refractivity contribution in [2.45, 2.75) is 39.3 Å². The Morgan fingerprint density at radius 2 is 2.07 bits per heavy atom. The van der Waals surface area contributed by atoms with Gasteiger partial charge in [-0.2, -0.15) is 0 Å². The molecule has 0 aliphatic rings. The Kier molecular flexibility index (Phi) is 3.46. The van der Waals surface area contributed by atoms with Gasteiger partial charge in [0.25, 0.3) is 0 Å². The molecule has 0 aromatic carbocycles. The van der Waals surface area contributed by atoms with Gasteiger partial charge in [0.2, 0.25) is 5.89 Å². The molecule has 2 N–H and O–H groups in total. The van der Waals surface area contributed by atoms with Crippen molar-refractivity contribution in [2.75, 3.05) is 11.9 Å². The second-order valence-corrected chi connectivity index (χ2v) is 3.58. The smallest absolute Gasteiger partial charge is 0.318 e. The Balaban J connectivity index is 2.76. The number of nitrogens with two attached hydrogens (primary N) is 1. The zero-order valence-electron chi connectivity index (χ0n) is 9.19. The van der Waals surface area contributed by atoms with Gasteiger partial charge in [0.1, 0.15) is 0 Å². The molecule has 2 atom stereocenters. The van der Waals surface area contributed by atoms with Crippen LogP contribution in [0.2, 0.25) is 0 Å². The average Bonchev–Trinajstić information content (AvgIpc) is 2.64. The Hall–Kier alpha value is -1.10. The van der Waals surface area contributed by atoms with Crippen LogP contribution < -0.4 is 10.6 Å². The summed E-state index contributed by atoms with van der Waals surface area (Å²) in [5.41, 5.74) is 5.62. The second kappa shape index (κ2) is 4.41. The lowest BCUT2D eigenvalue weighted by atomic mass is 10.2. The molecule has 0 radical (unpaired) electrons. The van der Waals surface area contributed by atoms with Crippen LogP contribution in [-0.4, -0.2) is 23.3 Å². The van der Waals surface area contributed by atoms with Gasteiger partial charge in [-0.15, -0.1) is 5.10 Å². The van der Waals surface area contributed by atoms with Crippen molar-refractivity contribution in [1.82, 2.24) is 10.2 Å². The van der Waals surface area contributed by atoms with Crippen molar-refractivity contribution >= 4 is 6.01 Å². The minimum absolute atomic E-state index is 0.207. The van der Waals surface area contributed by atoms with Crippen LogP contribution in [0.5, 0.6) is 0 Å². The number of hydrogen-bond acceptors (Lipinski definition) is 5. The minimum Gasteiger partial charge on any atom is -0.406 e. The number of aromatic nitrogens is 2. The van der Waals surface area contributed by atoms with Crippen molar-refractivity contribution in [3.05, 3.63) is 5.89 Å². The van der Waals surface area contributed by atoms with E-state index in [1.165, 1.54) is 0 Å². The monoisotopic (exact) mass is 198 g/mol. The maximum Gasteiger partial charge on any atom is 0.318 e. The summed E-state index contributed by atoms with van der Waals surface area (Å²) in [5.74, 6) is 0.482. The van der Waals surface area contributed by atoms with Gasteiger partial charge in [0.05, 0.1) is 6.04 Å². The SMILES string of the molecule is CCC(C)N(C)c1nnc(C(C)N)o1. The van der Waals surface area contributed by atoms with Crippen LogP contribution in [0.25, 0.3) is 0 Å². The molecule has 5 heteroatoms. The fourth-order valence-electron chi connectivity index (χ4n) is 1.02. The normalized spacial score (nSPS) is 15.2. The van der Waals surface area contributed by atoms with Gasteiger partial charge in [-0.25, -0.2) is 0 Å². The first-order chi connectivity index (χ1) is 6.56. The van der Waals surface area contributed by atoms with Crippen molar-refractivity contribution in [2.24, 2.45) is 5.73 Å². The number of nitrogens with zero attached hydrogens (tertiary/aromatic N) is 3. The zero-order chi connectivity index (χ0) is 10.7. The third-order valence-electron chi connectivity index (χ3n) is 2.37. The van der Waals surface area contributed by atoms with E-state index in [0.717, 1.165) is 6.42 Å². The molecular formula is C9H18N4O. The molecule has 1 aromatic rings. The Morgan fingerprint density at radius 3 is 2.50 bits per heavy atom. The molecule has 0 amide bonds. The quantitative estimate of drug-likeness (QED) is 0.790. The molecule has 0 aliphatic carbocycles. The molecule has 0 saturated carbocycles. The number of rotatable bonds is 4. The van der Waals surface area contributed by atoms with E-state index in [0.29, 0.717) is 17.9 Å². The highest BCUT2D eigenvalue weighted by molar-refractivity contribution is 5.24. The van der Waals surface area contributed by atoms with Crippen molar-refractivity contribution < 1.29 is 4.42 Å². The van der Waals surface area contributed by atoms with Gasteiger partial charge in [-0.05, 0) is 20.3 Å². The molecule has 0 bridgehead atoms. The van der Waals surface area contributed by atoms with E-state index in [9.17, 15) is 0 Å². The molecule has 0 spiro atoms. The van der Waals surface area contributed by atoms with Crippen LogP contribution in [0.3, 0.4) is 0 Å². The molecule has 2 unspecified atom stereocenters. The van der Waals surface area contributed by atoms with Crippen molar-refractivity contribution in [3.8, 4) is 0 Å². The van der Waals surface area contributed by atoms with E-state index in [2.05, 4.69) is 24.0 Å². The Morgan fingerprint density at radius 1 is 1.43 bits per heavy atom. The molecule has 0 saturated heterocycles. The number of anilines is 1. The standard InChI is InChI=1S/C9H18N4O/c1-5-6(2)13(4)9-12-11-8(14-9)7(3)10/h6-7H,5,10H2,1-4H3. The van der Waals surface area contributed by atoms with Gasteiger partial charge in [-0.3, -0.25) is 0 Å². The Labute approximate surface area is 84.3 Å². The molecule has 1 heterocycles. The molecular weight excluding hydrogens is 180 g/mol. The maximum atomic E-state index is 5.62. The highest BCUT2D eigenvalue weighted by Crippen LogP contribution is 2.17. The summed E-state index contributed by atoms with van der Waals surface area (Å²) in [5, 5.41) is 7.81. The summed E-state index contributed by atoms with van der Waals surface area (Å²) in [6.45, 7) is 6.04. The van der Waals surface area contributed by atoms with Crippen LogP contribution in [0.15, 0.2) is 4.42 Å². The van der Waals surface area contributed by atoms with Gasteiger partial charge < -0.3 is 15.1 Å². The first-order valence-electron chi connectivity index (χ1n) is 4.88. The zero-order valence-corrected chi connectivity index (χ0v) is 9.19. The van der Waals surface area contributed by atoms with Gasteiger partial charge >= 0.3 is 6.01 Å². The van der Waals surface area contributed by atoms with Crippen LogP contribution in [0.4, 0.5) is 6.01 Å². The number of hydrogen-bond donors (Lipinski definition) is 1. The lowest BCUT2D eigenvalue weighted by Crippen LogP contribution is -2.28. The largest absolute Gasteiger partial charge is 0.406 e. The summed E-state index contributed by atoms with van der Waals surface area (Å²) < 4.78 is 5.41. The van der Waals surface area contributed by atoms with Gasteiger partial charge in [0, 0.05) is 13.1 Å². The third kappa shape index (κ3) is 2.23. The van der Waals surface area contributed by atoms with E-state index in [1.807, 2.05) is 18.9 Å². The van der Waals surface area contributed by atoms with Crippen molar-refractivity contribution in [1.29, 1.82) is 0 Å². The molecule has 80 valence electrons. The average molecular weight is 198 g/mol.